The van der Waals surface area contributed by atoms with Gasteiger partial charge in [-0.25, -0.2) is 0 Å². The number of amides is 1. The third-order valence-corrected chi connectivity index (χ3v) is 4.36. The van der Waals surface area contributed by atoms with Crippen LogP contribution in [0.2, 0.25) is 0 Å². The minimum absolute atomic E-state index is 0.106. The molecular weight excluding hydrogens is 278 g/mol. The van der Waals surface area contributed by atoms with Crippen molar-refractivity contribution in [3.05, 3.63) is 42.2 Å². The van der Waals surface area contributed by atoms with Crippen molar-refractivity contribution in [3.63, 3.8) is 0 Å². The number of nitrogens with zero attached hydrogens (tertiary/aromatic N) is 2. The lowest BCUT2D eigenvalue weighted by molar-refractivity contribution is -0.125. The molecule has 1 N–H and O–H groups in total. The van der Waals surface area contributed by atoms with Gasteiger partial charge in [-0.3, -0.25) is 14.7 Å². The van der Waals surface area contributed by atoms with Crippen molar-refractivity contribution < 1.29 is 9.53 Å². The van der Waals surface area contributed by atoms with Crippen molar-refractivity contribution >= 4 is 5.91 Å². The summed E-state index contributed by atoms with van der Waals surface area (Å²) >= 11 is 0. The predicted molar refractivity (Wildman–Crippen MR) is 84.2 cm³/mol. The van der Waals surface area contributed by atoms with Gasteiger partial charge in [-0.2, -0.15) is 0 Å². The van der Waals surface area contributed by atoms with E-state index in [-0.39, 0.29) is 17.9 Å². The number of aromatic nitrogens is 1. The van der Waals surface area contributed by atoms with Crippen LogP contribution in [0.4, 0.5) is 0 Å². The van der Waals surface area contributed by atoms with Crippen molar-refractivity contribution in [3.8, 4) is 0 Å². The maximum absolute atomic E-state index is 12.2. The number of carbonyl (C=O) groups excluding carboxylic acids is 1. The summed E-state index contributed by atoms with van der Waals surface area (Å²) in [6.45, 7) is 3.84. The summed E-state index contributed by atoms with van der Waals surface area (Å²) in [5, 5.41) is 3.12. The minimum Gasteiger partial charge on any atom is -0.379 e. The van der Waals surface area contributed by atoms with Gasteiger partial charge >= 0.3 is 0 Å². The van der Waals surface area contributed by atoms with Crippen LogP contribution in [0.1, 0.15) is 24.6 Å². The third kappa shape index (κ3) is 3.72. The van der Waals surface area contributed by atoms with Crippen LogP contribution in [-0.2, 0) is 9.53 Å². The van der Waals surface area contributed by atoms with Crippen molar-refractivity contribution in [2.75, 3.05) is 32.8 Å². The first-order chi connectivity index (χ1) is 10.8. The van der Waals surface area contributed by atoms with Gasteiger partial charge < -0.3 is 10.1 Å². The van der Waals surface area contributed by atoms with Gasteiger partial charge in [0, 0.05) is 31.7 Å². The summed E-state index contributed by atoms with van der Waals surface area (Å²) in [6, 6.07) is 6.06. The minimum atomic E-state index is 0.106. The van der Waals surface area contributed by atoms with Crippen LogP contribution in [0, 0.1) is 5.92 Å². The molecule has 3 rings (SSSR count). The normalized spacial score (nSPS) is 20.9. The van der Waals surface area contributed by atoms with E-state index in [0.717, 1.165) is 44.8 Å². The molecule has 0 saturated carbocycles. The van der Waals surface area contributed by atoms with Crippen LogP contribution >= 0.6 is 0 Å². The number of allylic oxidation sites excluding steroid dienone is 2. The summed E-state index contributed by atoms with van der Waals surface area (Å²) in [6.07, 6.45) is 7.70. The van der Waals surface area contributed by atoms with E-state index in [9.17, 15) is 4.79 Å². The van der Waals surface area contributed by atoms with Crippen molar-refractivity contribution in [1.82, 2.24) is 15.2 Å². The topological polar surface area (TPSA) is 54.5 Å². The average molecular weight is 301 g/mol. The third-order valence-electron chi connectivity index (χ3n) is 4.36. The number of carbonyl (C=O) groups is 1. The van der Waals surface area contributed by atoms with E-state index in [1.807, 2.05) is 24.4 Å². The quantitative estimate of drug-likeness (QED) is 0.838. The maximum atomic E-state index is 12.2. The molecule has 5 heteroatoms. The fourth-order valence-corrected chi connectivity index (χ4v) is 3.06. The van der Waals surface area contributed by atoms with Crippen LogP contribution in [-0.4, -0.2) is 48.6 Å². The van der Waals surface area contributed by atoms with Crippen LogP contribution in [0.3, 0.4) is 0 Å². The molecule has 1 unspecified atom stereocenters. The number of rotatable bonds is 5. The molecule has 0 spiro atoms. The van der Waals surface area contributed by atoms with Crippen molar-refractivity contribution in [2.24, 2.45) is 5.92 Å². The molecule has 1 aliphatic carbocycles. The van der Waals surface area contributed by atoms with Crippen LogP contribution < -0.4 is 5.32 Å². The van der Waals surface area contributed by atoms with Crippen molar-refractivity contribution in [2.45, 2.75) is 18.9 Å². The molecule has 1 aromatic heterocycles. The highest BCUT2D eigenvalue weighted by Gasteiger charge is 2.26. The van der Waals surface area contributed by atoms with Gasteiger partial charge in [0.25, 0.3) is 0 Å². The highest BCUT2D eigenvalue weighted by Crippen LogP contribution is 2.21. The first kappa shape index (κ1) is 15.2. The number of hydrogen-bond donors (Lipinski definition) is 1. The van der Waals surface area contributed by atoms with E-state index in [1.54, 1.807) is 0 Å². The Morgan fingerprint density at radius 3 is 2.77 bits per heavy atom. The Balaban J connectivity index is 1.64. The molecule has 1 aromatic rings. The number of nitrogens with one attached hydrogen (secondary N) is 1. The van der Waals surface area contributed by atoms with Gasteiger partial charge in [0.05, 0.1) is 24.9 Å². The van der Waals surface area contributed by atoms with Crippen LogP contribution in [0.5, 0.6) is 0 Å². The van der Waals surface area contributed by atoms with Gasteiger partial charge in [0.1, 0.15) is 0 Å². The lowest BCUT2D eigenvalue weighted by Crippen LogP contribution is -2.44. The number of morpholine rings is 1. The Hall–Kier alpha value is -1.72. The van der Waals surface area contributed by atoms with E-state index in [2.05, 4.69) is 27.4 Å². The van der Waals surface area contributed by atoms with Gasteiger partial charge in [0.15, 0.2) is 0 Å². The summed E-state index contributed by atoms with van der Waals surface area (Å²) in [7, 11) is 0. The number of pyridine rings is 1. The van der Waals surface area contributed by atoms with Gasteiger partial charge in [0.2, 0.25) is 5.91 Å². The first-order valence-electron chi connectivity index (χ1n) is 8.00. The fraction of sp³-hybridized carbons (Fsp3) is 0.529. The Bertz CT molecular complexity index is 504. The Kier molecular flexibility index (Phi) is 5.19. The van der Waals surface area contributed by atoms with E-state index in [1.165, 1.54) is 0 Å². The summed E-state index contributed by atoms with van der Waals surface area (Å²) in [5.74, 6) is 0.258. The average Bonchev–Trinajstić information content (AvgIpc) is 3.11. The lowest BCUT2D eigenvalue weighted by atomic mass is 10.1. The van der Waals surface area contributed by atoms with E-state index in [4.69, 9.17) is 4.74 Å². The molecule has 118 valence electrons. The Morgan fingerprint density at radius 2 is 2.09 bits per heavy atom. The zero-order chi connectivity index (χ0) is 15.2. The zero-order valence-corrected chi connectivity index (χ0v) is 12.8. The van der Waals surface area contributed by atoms with E-state index >= 15 is 0 Å². The summed E-state index contributed by atoms with van der Waals surface area (Å²) in [5.41, 5.74) is 1.01. The second-order valence-electron chi connectivity index (χ2n) is 5.80. The molecule has 5 nitrogen and oxygen atoms in total. The van der Waals surface area contributed by atoms with Crippen LogP contribution in [0.25, 0.3) is 0 Å². The molecule has 0 radical (unpaired) electrons. The Morgan fingerprint density at radius 1 is 1.32 bits per heavy atom. The molecular formula is C17H23N3O2. The number of hydrogen-bond acceptors (Lipinski definition) is 4. The zero-order valence-electron chi connectivity index (χ0n) is 12.8. The predicted octanol–water partition coefficient (Wildman–Crippen LogP) is 1.54. The van der Waals surface area contributed by atoms with Gasteiger partial charge in [-0.1, -0.05) is 18.2 Å². The molecule has 0 aromatic carbocycles. The SMILES string of the molecule is O=C(NCC(c1ccccn1)N1CCOCC1)C1CC=CC1. The highest BCUT2D eigenvalue weighted by atomic mass is 16.5. The lowest BCUT2D eigenvalue weighted by Gasteiger charge is -2.34. The van der Waals surface area contributed by atoms with E-state index < -0.39 is 0 Å². The molecule has 1 aliphatic heterocycles. The second kappa shape index (κ2) is 7.51. The highest BCUT2D eigenvalue weighted by molar-refractivity contribution is 5.79. The van der Waals surface area contributed by atoms with E-state index in [0.29, 0.717) is 6.54 Å². The molecule has 2 heterocycles. The molecule has 1 amide bonds. The fourth-order valence-electron chi connectivity index (χ4n) is 3.06. The summed E-state index contributed by atoms with van der Waals surface area (Å²) < 4.78 is 5.43. The molecule has 2 aliphatic rings. The van der Waals surface area contributed by atoms with Gasteiger partial charge in [-0.15, -0.1) is 0 Å². The largest absolute Gasteiger partial charge is 0.379 e. The van der Waals surface area contributed by atoms with Gasteiger partial charge in [-0.05, 0) is 25.0 Å². The maximum Gasteiger partial charge on any atom is 0.223 e. The molecule has 1 fully saturated rings. The first-order valence-corrected chi connectivity index (χ1v) is 8.00. The van der Waals surface area contributed by atoms with Crippen molar-refractivity contribution in [1.29, 1.82) is 0 Å². The molecule has 1 atom stereocenters. The van der Waals surface area contributed by atoms with Crippen LogP contribution in [0.15, 0.2) is 36.5 Å². The summed E-state index contributed by atoms with van der Waals surface area (Å²) in [4.78, 5) is 19.1. The molecule has 22 heavy (non-hydrogen) atoms. The standard InChI is InChI=1S/C17H23N3O2/c21-17(14-5-1-2-6-14)19-13-16(15-7-3-4-8-18-15)20-9-11-22-12-10-20/h1-4,7-8,14,16H,5-6,9-13H2,(H,19,21). The smallest absolute Gasteiger partial charge is 0.223 e. The monoisotopic (exact) mass is 301 g/mol. The molecule has 1 saturated heterocycles. The Labute approximate surface area is 131 Å². The number of ether oxygens (including phenoxy) is 1. The second-order valence-corrected chi connectivity index (χ2v) is 5.80. The molecule has 0 bridgehead atoms.